The van der Waals surface area contributed by atoms with Gasteiger partial charge in [-0.25, -0.2) is 4.39 Å². The number of hydrogen-bond donors (Lipinski definition) is 1. The van der Waals surface area contributed by atoms with Gasteiger partial charge in [0.25, 0.3) is 0 Å². The highest BCUT2D eigenvalue weighted by Gasteiger charge is 2.05. The standard InChI is InChI=1S/C13H18FNO/c1-3-4-7-16-13-6-5-11(8-10(2)15)9-12(13)14/h3-6,9-10H,7-8,15H2,1-2H3/b4-3+. The van der Waals surface area contributed by atoms with Gasteiger partial charge >= 0.3 is 0 Å². The molecule has 0 saturated heterocycles. The lowest BCUT2D eigenvalue weighted by atomic mass is 10.1. The van der Waals surface area contributed by atoms with Crippen LogP contribution in [0.25, 0.3) is 0 Å². The van der Waals surface area contributed by atoms with Gasteiger partial charge in [-0.3, -0.25) is 0 Å². The predicted octanol–water partition coefficient (Wildman–Crippen LogP) is 2.67. The van der Waals surface area contributed by atoms with Crippen LogP contribution in [0.5, 0.6) is 5.75 Å². The summed E-state index contributed by atoms with van der Waals surface area (Å²) in [5.41, 5.74) is 6.54. The third-order valence-electron chi connectivity index (χ3n) is 2.12. The van der Waals surface area contributed by atoms with Crippen molar-refractivity contribution in [1.82, 2.24) is 0 Å². The molecule has 0 radical (unpaired) electrons. The summed E-state index contributed by atoms with van der Waals surface area (Å²) in [7, 11) is 0. The minimum atomic E-state index is -0.331. The van der Waals surface area contributed by atoms with E-state index in [1.54, 1.807) is 6.07 Å². The van der Waals surface area contributed by atoms with Crippen molar-refractivity contribution in [2.24, 2.45) is 5.73 Å². The Labute approximate surface area is 95.9 Å². The molecule has 1 aromatic carbocycles. The summed E-state index contributed by atoms with van der Waals surface area (Å²) in [6.45, 7) is 4.18. The van der Waals surface area contributed by atoms with E-state index in [0.717, 1.165) is 5.56 Å². The van der Waals surface area contributed by atoms with Gasteiger partial charge in [-0.05, 0) is 38.0 Å². The van der Waals surface area contributed by atoms with Crippen LogP contribution in [0.1, 0.15) is 19.4 Å². The quantitative estimate of drug-likeness (QED) is 0.779. The summed E-state index contributed by atoms with van der Waals surface area (Å²) in [5, 5.41) is 0. The Bertz CT molecular complexity index is 361. The van der Waals surface area contributed by atoms with Crippen LogP contribution in [0.4, 0.5) is 4.39 Å². The second-order valence-corrected chi connectivity index (χ2v) is 3.83. The maximum absolute atomic E-state index is 13.5. The van der Waals surface area contributed by atoms with E-state index in [4.69, 9.17) is 10.5 Å². The summed E-state index contributed by atoms with van der Waals surface area (Å²) in [6, 6.07) is 5.01. The van der Waals surface area contributed by atoms with Gasteiger partial charge in [0, 0.05) is 6.04 Å². The Hall–Kier alpha value is -1.35. The van der Waals surface area contributed by atoms with E-state index >= 15 is 0 Å². The van der Waals surface area contributed by atoms with E-state index < -0.39 is 0 Å². The molecule has 0 heterocycles. The minimum Gasteiger partial charge on any atom is -0.486 e. The van der Waals surface area contributed by atoms with E-state index in [1.165, 1.54) is 6.07 Å². The Kier molecular flexibility index (Phi) is 4.99. The molecule has 3 heteroatoms. The number of ether oxygens (including phenoxy) is 1. The summed E-state index contributed by atoms with van der Waals surface area (Å²) in [4.78, 5) is 0. The van der Waals surface area contributed by atoms with Gasteiger partial charge in [0.2, 0.25) is 0 Å². The van der Waals surface area contributed by atoms with Crippen LogP contribution in [-0.2, 0) is 6.42 Å². The van der Waals surface area contributed by atoms with Crippen LogP contribution in [0, 0.1) is 5.82 Å². The fourth-order valence-corrected chi connectivity index (χ4v) is 1.39. The molecule has 0 amide bonds. The maximum atomic E-state index is 13.5. The normalized spacial score (nSPS) is 13.0. The lowest BCUT2D eigenvalue weighted by molar-refractivity contribution is 0.341. The molecule has 88 valence electrons. The van der Waals surface area contributed by atoms with Crippen LogP contribution in [0.3, 0.4) is 0 Å². The predicted molar refractivity (Wildman–Crippen MR) is 64.1 cm³/mol. The number of nitrogens with two attached hydrogens (primary N) is 1. The molecule has 0 bridgehead atoms. The number of hydrogen-bond acceptors (Lipinski definition) is 2. The molecule has 1 unspecified atom stereocenters. The van der Waals surface area contributed by atoms with Crippen molar-refractivity contribution in [3.05, 3.63) is 41.7 Å². The van der Waals surface area contributed by atoms with E-state index in [0.29, 0.717) is 13.0 Å². The van der Waals surface area contributed by atoms with E-state index in [-0.39, 0.29) is 17.6 Å². The Morgan fingerprint density at radius 1 is 1.50 bits per heavy atom. The first kappa shape index (κ1) is 12.7. The monoisotopic (exact) mass is 223 g/mol. The highest BCUT2D eigenvalue weighted by molar-refractivity contribution is 5.29. The third kappa shape index (κ3) is 4.03. The molecule has 16 heavy (non-hydrogen) atoms. The molecule has 0 aliphatic heterocycles. The molecule has 0 fully saturated rings. The van der Waals surface area contributed by atoms with Gasteiger partial charge in [0.1, 0.15) is 6.61 Å². The molecule has 1 aromatic rings. The molecular weight excluding hydrogens is 205 g/mol. The first-order valence-corrected chi connectivity index (χ1v) is 5.41. The Morgan fingerprint density at radius 2 is 2.25 bits per heavy atom. The fraction of sp³-hybridized carbons (Fsp3) is 0.385. The van der Waals surface area contributed by atoms with Crippen LogP contribution in [-0.4, -0.2) is 12.6 Å². The SMILES string of the molecule is C/C=C/COc1ccc(CC(C)N)cc1F. The molecule has 0 saturated carbocycles. The largest absolute Gasteiger partial charge is 0.486 e. The first-order chi connectivity index (χ1) is 7.63. The zero-order chi connectivity index (χ0) is 12.0. The molecule has 1 atom stereocenters. The fourth-order valence-electron chi connectivity index (χ4n) is 1.39. The Balaban J connectivity index is 2.67. The van der Waals surface area contributed by atoms with E-state index in [2.05, 4.69) is 0 Å². The molecule has 2 nitrogen and oxygen atoms in total. The van der Waals surface area contributed by atoms with Crippen LogP contribution < -0.4 is 10.5 Å². The van der Waals surface area contributed by atoms with Crippen molar-refractivity contribution in [1.29, 1.82) is 0 Å². The number of rotatable bonds is 5. The highest BCUT2D eigenvalue weighted by Crippen LogP contribution is 2.19. The third-order valence-corrected chi connectivity index (χ3v) is 2.12. The van der Waals surface area contributed by atoms with Gasteiger partial charge in [-0.1, -0.05) is 18.2 Å². The van der Waals surface area contributed by atoms with Crippen LogP contribution >= 0.6 is 0 Å². The average molecular weight is 223 g/mol. The molecule has 0 spiro atoms. The van der Waals surface area contributed by atoms with Crippen molar-refractivity contribution in [2.75, 3.05) is 6.61 Å². The second-order valence-electron chi connectivity index (χ2n) is 3.83. The first-order valence-electron chi connectivity index (χ1n) is 5.41. The molecule has 0 aliphatic carbocycles. The van der Waals surface area contributed by atoms with E-state index in [1.807, 2.05) is 32.1 Å². The number of allylic oxidation sites excluding steroid dienone is 1. The summed E-state index contributed by atoms with van der Waals surface area (Å²) in [5.74, 6) is -0.0471. The second kappa shape index (κ2) is 6.28. The van der Waals surface area contributed by atoms with Gasteiger partial charge in [0.15, 0.2) is 11.6 Å². The zero-order valence-electron chi connectivity index (χ0n) is 9.74. The molecular formula is C13H18FNO. The highest BCUT2D eigenvalue weighted by atomic mass is 19.1. The minimum absolute atomic E-state index is 0.0363. The van der Waals surface area contributed by atoms with Crippen molar-refractivity contribution >= 4 is 0 Å². The number of halogens is 1. The smallest absolute Gasteiger partial charge is 0.165 e. The maximum Gasteiger partial charge on any atom is 0.165 e. The molecule has 1 rings (SSSR count). The van der Waals surface area contributed by atoms with Crippen LogP contribution in [0.15, 0.2) is 30.4 Å². The van der Waals surface area contributed by atoms with Crippen molar-refractivity contribution in [2.45, 2.75) is 26.3 Å². The van der Waals surface area contributed by atoms with Gasteiger partial charge in [-0.15, -0.1) is 0 Å². The topological polar surface area (TPSA) is 35.2 Å². The molecule has 0 aromatic heterocycles. The number of benzene rings is 1. The van der Waals surface area contributed by atoms with Crippen LogP contribution in [0.2, 0.25) is 0 Å². The lowest BCUT2D eigenvalue weighted by Crippen LogP contribution is -2.17. The molecule has 2 N–H and O–H groups in total. The van der Waals surface area contributed by atoms with E-state index in [9.17, 15) is 4.39 Å². The summed E-state index contributed by atoms with van der Waals surface area (Å²) >= 11 is 0. The Morgan fingerprint density at radius 3 is 2.81 bits per heavy atom. The zero-order valence-corrected chi connectivity index (χ0v) is 9.74. The lowest BCUT2D eigenvalue weighted by Gasteiger charge is -2.08. The van der Waals surface area contributed by atoms with Gasteiger partial charge < -0.3 is 10.5 Å². The summed E-state index contributed by atoms with van der Waals surface area (Å²) < 4.78 is 18.8. The molecule has 0 aliphatic rings. The average Bonchev–Trinajstić information content (AvgIpc) is 2.20. The van der Waals surface area contributed by atoms with Crippen molar-refractivity contribution in [3.63, 3.8) is 0 Å². The van der Waals surface area contributed by atoms with Gasteiger partial charge in [0.05, 0.1) is 0 Å². The summed E-state index contributed by atoms with van der Waals surface area (Å²) in [6.07, 6.45) is 4.36. The van der Waals surface area contributed by atoms with Crippen molar-refractivity contribution < 1.29 is 9.13 Å². The van der Waals surface area contributed by atoms with Crippen molar-refractivity contribution in [3.8, 4) is 5.75 Å². The van der Waals surface area contributed by atoms with Gasteiger partial charge in [-0.2, -0.15) is 0 Å².